The van der Waals surface area contributed by atoms with E-state index in [1.165, 1.54) is 13.0 Å². The highest BCUT2D eigenvalue weighted by molar-refractivity contribution is 8.00. The normalized spacial score (nSPS) is 10.8. The number of Topliss-reactive ketones (excluding diaryl/α,β-unsaturated/α-hetero) is 2. The minimum absolute atomic E-state index is 0.000685. The van der Waals surface area contributed by atoms with Gasteiger partial charge < -0.3 is 4.98 Å². The van der Waals surface area contributed by atoms with Gasteiger partial charge in [-0.1, -0.05) is 0 Å². The number of nitrogens with one attached hydrogen (secondary N) is 1. The molecule has 0 saturated heterocycles. The standard InChI is InChI=1S/C16H15F2NO2S/c1-8-15(10(3)20)9(2)19-16(8)13(21)7-22-14-5-4-11(17)6-12(14)18/h4-6,19H,7H2,1-3H3. The number of carbonyl (C=O) groups is 2. The Morgan fingerprint density at radius 1 is 1.23 bits per heavy atom. The number of aromatic amines is 1. The molecule has 0 aliphatic carbocycles. The molecular formula is C16H15F2NO2S. The predicted octanol–water partition coefficient (Wildman–Crippen LogP) is 4.09. The van der Waals surface area contributed by atoms with E-state index in [9.17, 15) is 18.4 Å². The summed E-state index contributed by atoms with van der Waals surface area (Å²) in [5.41, 5.74) is 2.13. The number of carbonyl (C=O) groups excluding carboxylic acids is 2. The number of aromatic nitrogens is 1. The fraction of sp³-hybridized carbons (Fsp3) is 0.250. The molecule has 2 rings (SSSR count). The molecule has 0 aliphatic rings. The summed E-state index contributed by atoms with van der Waals surface area (Å²) in [7, 11) is 0. The van der Waals surface area contributed by atoms with Gasteiger partial charge in [-0.3, -0.25) is 9.59 Å². The lowest BCUT2D eigenvalue weighted by Gasteiger charge is -2.03. The zero-order valence-electron chi connectivity index (χ0n) is 12.4. The molecule has 0 spiro atoms. The second-order valence-corrected chi connectivity index (χ2v) is 5.98. The Labute approximate surface area is 131 Å². The van der Waals surface area contributed by atoms with Gasteiger partial charge in [0.1, 0.15) is 11.6 Å². The number of rotatable bonds is 5. The van der Waals surface area contributed by atoms with Gasteiger partial charge in [0.05, 0.1) is 11.4 Å². The molecule has 2 aromatic rings. The van der Waals surface area contributed by atoms with Crippen molar-refractivity contribution in [2.24, 2.45) is 0 Å². The van der Waals surface area contributed by atoms with E-state index in [0.29, 0.717) is 22.5 Å². The lowest BCUT2D eigenvalue weighted by molar-refractivity contribution is 0.101. The third kappa shape index (κ3) is 3.27. The summed E-state index contributed by atoms with van der Waals surface area (Å²) in [5.74, 6) is -1.69. The van der Waals surface area contributed by atoms with Gasteiger partial charge in [0.25, 0.3) is 0 Å². The molecule has 22 heavy (non-hydrogen) atoms. The molecule has 0 amide bonds. The molecule has 1 N–H and O–H groups in total. The lowest BCUT2D eigenvalue weighted by atomic mass is 10.1. The van der Waals surface area contributed by atoms with Crippen LogP contribution in [0.5, 0.6) is 0 Å². The highest BCUT2D eigenvalue weighted by Crippen LogP contribution is 2.25. The van der Waals surface area contributed by atoms with Crippen LogP contribution >= 0.6 is 11.8 Å². The van der Waals surface area contributed by atoms with Crippen LogP contribution in [0.25, 0.3) is 0 Å². The monoisotopic (exact) mass is 323 g/mol. The van der Waals surface area contributed by atoms with Gasteiger partial charge in [0.15, 0.2) is 11.6 Å². The van der Waals surface area contributed by atoms with Gasteiger partial charge in [-0.25, -0.2) is 8.78 Å². The Morgan fingerprint density at radius 3 is 2.45 bits per heavy atom. The average molecular weight is 323 g/mol. The fourth-order valence-corrected chi connectivity index (χ4v) is 3.16. The first-order valence-corrected chi connectivity index (χ1v) is 7.61. The number of halogens is 2. The first kappa shape index (κ1) is 16.4. The van der Waals surface area contributed by atoms with Crippen molar-refractivity contribution < 1.29 is 18.4 Å². The van der Waals surface area contributed by atoms with Crippen molar-refractivity contribution in [1.82, 2.24) is 4.98 Å². The largest absolute Gasteiger partial charge is 0.355 e. The van der Waals surface area contributed by atoms with Crippen molar-refractivity contribution in [2.45, 2.75) is 25.7 Å². The van der Waals surface area contributed by atoms with Gasteiger partial charge >= 0.3 is 0 Å². The molecule has 0 radical (unpaired) electrons. The summed E-state index contributed by atoms with van der Waals surface area (Å²) in [6, 6.07) is 3.23. The predicted molar refractivity (Wildman–Crippen MR) is 81.7 cm³/mol. The smallest absolute Gasteiger partial charge is 0.189 e. The van der Waals surface area contributed by atoms with Gasteiger partial charge in [0, 0.05) is 22.2 Å². The molecule has 0 aliphatic heterocycles. The third-order valence-corrected chi connectivity index (χ3v) is 4.37. The molecular weight excluding hydrogens is 308 g/mol. The van der Waals surface area contributed by atoms with Gasteiger partial charge in [-0.2, -0.15) is 0 Å². The van der Waals surface area contributed by atoms with E-state index in [1.54, 1.807) is 13.8 Å². The number of H-pyrrole nitrogens is 1. The maximum Gasteiger partial charge on any atom is 0.189 e. The second kappa shape index (κ2) is 6.44. The molecule has 0 unspecified atom stereocenters. The minimum atomic E-state index is -0.693. The van der Waals surface area contributed by atoms with E-state index in [2.05, 4.69) is 4.98 Å². The molecule has 0 fully saturated rings. The first-order chi connectivity index (χ1) is 10.3. The summed E-state index contributed by atoms with van der Waals surface area (Å²) < 4.78 is 26.4. The minimum Gasteiger partial charge on any atom is -0.355 e. The van der Waals surface area contributed by atoms with Crippen LogP contribution in [0.3, 0.4) is 0 Å². The molecule has 1 aromatic heterocycles. The van der Waals surface area contributed by atoms with Crippen LogP contribution in [0.2, 0.25) is 0 Å². The van der Waals surface area contributed by atoms with Crippen LogP contribution < -0.4 is 0 Å². The fourth-order valence-electron chi connectivity index (χ4n) is 2.36. The van der Waals surface area contributed by atoms with E-state index in [0.717, 1.165) is 23.9 Å². The van der Waals surface area contributed by atoms with Crippen molar-refractivity contribution >= 4 is 23.3 Å². The van der Waals surface area contributed by atoms with Crippen molar-refractivity contribution in [3.8, 4) is 0 Å². The SMILES string of the molecule is CC(=O)c1c(C)[nH]c(C(=O)CSc2ccc(F)cc2F)c1C. The Morgan fingerprint density at radius 2 is 1.91 bits per heavy atom. The molecule has 0 saturated carbocycles. The van der Waals surface area contributed by atoms with E-state index < -0.39 is 11.6 Å². The van der Waals surface area contributed by atoms with Crippen molar-refractivity contribution in [3.05, 3.63) is 52.3 Å². The van der Waals surface area contributed by atoms with E-state index in [4.69, 9.17) is 0 Å². The number of benzene rings is 1. The topological polar surface area (TPSA) is 49.9 Å². The van der Waals surface area contributed by atoms with Crippen molar-refractivity contribution in [1.29, 1.82) is 0 Å². The average Bonchev–Trinajstić information content (AvgIpc) is 2.72. The van der Waals surface area contributed by atoms with Crippen LogP contribution in [-0.2, 0) is 0 Å². The number of hydrogen-bond donors (Lipinski definition) is 1. The Balaban J connectivity index is 2.16. The van der Waals surface area contributed by atoms with Crippen LogP contribution in [0.15, 0.2) is 23.1 Å². The number of ketones is 2. The molecule has 116 valence electrons. The number of aryl methyl sites for hydroxylation is 1. The maximum atomic E-state index is 13.5. The maximum absolute atomic E-state index is 13.5. The summed E-state index contributed by atoms with van der Waals surface area (Å²) in [4.78, 5) is 26.9. The highest BCUT2D eigenvalue weighted by atomic mass is 32.2. The summed E-state index contributed by atoms with van der Waals surface area (Å²) >= 11 is 0.995. The van der Waals surface area contributed by atoms with Gasteiger partial charge in [-0.05, 0) is 38.5 Å². The first-order valence-electron chi connectivity index (χ1n) is 6.62. The molecule has 1 aromatic carbocycles. The molecule has 3 nitrogen and oxygen atoms in total. The van der Waals surface area contributed by atoms with E-state index in [-0.39, 0.29) is 22.2 Å². The zero-order valence-corrected chi connectivity index (χ0v) is 13.2. The van der Waals surface area contributed by atoms with Crippen molar-refractivity contribution in [2.75, 3.05) is 5.75 Å². The van der Waals surface area contributed by atoms with E-state index >= 15 is 0 Å². The lowest BCUT2D eigenvalue weighted by Crippen LogP contribution is -2.06. The third-order valence-electron chi connectivity index (χ3n) is 3.32. The second-order valence-electron chi connectivity index (χ2n) is 4.97. The number of hydrogen-bond acceptors (Lipinski definition) is 3. The Hall–Kier alpha value is -1.95. The zero-order chi connectivity index (χ0) is 16.4. The van der Waals surface area contributed by atoms with Crippen LogP contribution in [-0.4, -0.2) is 22.3 Å². The van der Waals surface area contributed by atoms with Crippen molar-refractivity contribution in [3.63, 3.8) is 0 Å². The van der Waals surface area contributed by atoms with Gasteiger partial charge in [0.2, 0.25) is 0 Å². The summed E-state index contributed by atoms with van der Waals surface area (Å²) in [6.45, 7) is 4.88. The van der Waals surface area contributed by atoms with E-state index in [1.807, 2.05) is 0 Å². The number of thioether (sulfide) groups is 1. The molecule has 0 bridgehead atoms. The van der Waals surface area contributed by atoms with Crippen LogP contribution in [0.4, 0.5) is 8.78 Å². The Kier molecular flexibility index (Phi) is 4.81. The molecule has 0 atom stereocenters. The quantitative estimate of drug-likeness (QED) is 0.666. The molecule has 6 heteroatoms. The highest BCUT2D eigenvalue weighted by Gasteiger charge is 2.20. The van der Waals surface area contributed by atoms with Crippen LogP contribution in [0.1, 0.15) is 39.0 Å². The summed E-state index contributed by atoms with van der Waals surface area (Å²) in [6.07, 6.45) is 0. The Bertz CT molecular complexity index is 753. The molecule has 1 heterocycles. The summed E-state index contributed by atoms with van der Waals surface area (Å²) in [5, 5.41) is 0. The van der Waals surface area contributed by atoms with Gasteiger partial charge in [-0.15, -0.1) is 11.8 Å². The van der Waals surface area contributed by atoms with Crippen LogP contribution in [0, 0.1) is 25.5 Å².